The highest BCUT2D eigenvalue weighted by atomic mass is 15.0. The molecule has 0 N–H and O–H groups in total. The molecule has 0 spiro atoms. The summed E-state index contributed by atoms with van der Waals surface area (Å²) in [7, 11) is 0. The van der Waals surface area contributed by atoms with Crippen molar-refractivity contribution in [2.75, 3.05) is 0 Å². The molecule has 0 fully saturated rings. The van der Waals surface area contributed by atoms with Gasteiger partial charge in [-0.15, -0.1) is 0 Å². The van der Waals surface area contributed by atoms with Gasteiger partial charge in [0.1, 0.15) is 0 Å². The molecular formula is C76H55N7. The maximum atomic E-state index is 4.98. The van der Waals surface area contributed by atoms with E-state index in [2.05, 4.69) is 172 Å². The van der Waals surface area contributed by atoms with Crippen molar-refractivity contribution in [3.8, 4) is 119 Å². The van der Waals surface area contributed by atoms with Gasteiger partial charge in [-0.1, -0.05) is 224 Å². The lowest BCUT2D eigenvalue weighted by Gasteiger charge is -2.15. The Bertz CT molecular complexity index is 4270. The number of nitrogens with zero attached hydrogens (tertiary/aromatic N) is 7. The first-order valence-corrected chi connectivity index (χ1v) is 28.1. The van der Waals surface area contributed by atoms with Gasteiger partial charge >= 0.3 is 0 Å². The average Bonchev–Trinajstić information content (AvgIpc) is 4.11. The van der Waals surface area contributed by atoms with Crippen molar-refractivity contribution < 1.29 is 0 Å². The van der Waals surface area contributed by atoms with Gasteiger partial charge in [0.05, 0.1) is 11.0 Å². The van der Waals surface area contributed by atoms with Gasteiger partial charge in [-0.3, -0.25) is 0 Å². The van der Waals surface area contributed by atoms with Crippen LogP contribution in [0, 0.1) is 27.7 Å². The van der Waals surface area contributed by atoms with Crippen LogP contribution in [0.15, 0.2) is 261 Å². The monoisotopic (exact) mass is 1070 g/mol. The molecule has 7 nitrogen and oxygen atoms in total. The third-order valence-corrected chi connectivity index (χ3v) is 15.8. The molecule has 0 saturated carbocycles. The van der Waals surface area contributed by atoms with Gasteiger partial charge < -0.3 is 4.57 Å². The fourth-order valence-corrected chi connectivity index (χ4v) is 11.9. The average molecular weight is 1070 g/mol. The summed E-state index contributed by atoms with van der Waals surface area (Å²) in [5, 5.41) is 2.41. The number of hydrogen-bond acceptors (Lipinski definition) is 6. The van der Waals surface area contributed by atoms with Gasteiger partial charge in [0.15, 0.2) is 34.9 Å². The minimum atomic E-state index is 0.639. The van der Waals surface area contributed by atoms with Crippen molar-refractivity contribution in [1.82, 2.24) is 34.5 Å². The Labute approximate surface area is 483 Å². The van der Waals surface area contributed by atoms with Crippen LogP contribution in [0.2, 0.25) is 0 Å². The van der Waals surface area contributed by atoms with Crippen LogP contribution >= 0.6 is 0 Å². The van der Waals surface area contributed by atoms with Crippen molar-refractivity contribution >= 4 is 21.8 Å². The van der Waals surface area contributed by atoms with Crippen molar-refractivity contribution in [2.45, 2.75) is 27.7 Å². The molecule has 3 heterocycles. The van der Waals surface area contributed by atoms with Crippen LogP contribution in [-0.2, 0) is 0 Å². The van der Waals surface area contributed by atoms with E-state index in [4.69, 9.17) is 29.9 Å². The molecule has 0 radical (unpaired) electrons. The molecule has 0 aliphatic carbocycles. The summed E-state index contributed by atoms with van der Waals surface area (Å²) in [4.78, 5) is 29.7. The third-order valence-electron chi connectivity index (χ3n) is 15.8. The number of rotatable bonds is 11. The van der Waals surface area contributed by atoms with Gasteiger partial charge in [0, 0.05) is 49.8 Å². The summed E-state index contributed by atoms with van der Waals surface area (Å²) in [6, 6.07) is 91.6. The molecule has 0 aliphatic rings. The van der Waals surface area contributed by atoms with Crippen molar-refractivity contribution in [1.29, 1.82) is 0 Å². The van der Waals surface area contributed by atoms with Crippen molar-refractivity contribution in [2.24, 2.45) is 0 Å². The van der Waals surface area contributed by atoms with Crippen molar-refractivity contribution in [3.05, 3.63) is 283 Å². The van der Waals surface area contributed by atoms with E-state index in [0.29, 0.717) is 34.9 Å². The summed E-state index contributed by atoms with van der Waals surface area (Å²) in [5.74, 6) is 3.87. The molecule has 14 rings (SSSR count). The largest absolute Gasteiger partial charge is 0.309 e. The van der Waals surface area contributed by atoms with Crippen LogP contribution in [0.4, 0.5) is 0 Å². The minimum absolute atomic E-state index is 0.639. The molecule has 394 valence electrons. The second-order valence-electron chi connectivity index (χ2n) is 21.3. The van der Waals surface area contributed by atoms with E-state index in [1.165, 1.54) is 66.4 Å². The minimum Gasteiger partial charge on any atom is -0.309 e. The lowest BCUT2D eigenvalue weighted by molar-refractivity contribution is 1.07. The van der Waals surface area contributed by atoms with Crippen LogP contribution in [0.5, 0.6) is 0 Å². The Morgan fingerprint density at radius 2 is 0.458 bits per heavy atom. The Morgan fingerprint density at radius 3 is 0.747 bits per heavy atom. The topological polar surface area (TPSA) is 82.3 Å². The number of para-hydroxylation sites is 1. The van der Waals surface area contributed by atoms with Crippen LogP contribution in [-0.4, -0.2) is 34.5 Å². The Kier molecular flexibility index (Phi) is 13.0. The highest BCUT2D eigenvalue weighted by Gasteiger charge is 2.20. The normalized spacial score (nSPS) is 11.4. The molecule has 83 heavy (non-hydrogen) atoms. The Balaban J connectivity index is 0.784. The summed E-state index contributed by atoms with van der Waals surface area (Å²) in [5.41, 5.74) is 23.4. The first kappa shape index (κ1) is 50.5. The molecule has 7 heteroatoms. The zero-order chi connectivity index (χ0) is 56.0. The quantitative estimate of drug-likeness (QED) is 0.128. The predicted octanol–water partition coefficient (Wildman–Crippen LogP) is 19.1. The Morgan fingerprint density at radius 1 is 0.217 bits per heavy atom. The van der Waals surface area contributed by atoms with Gasteiger partial charge in [-0.05, 0) is 131 Å². The second kappa shape index (κ2) is 21.4. The van der Waals surface area contributed by atoms with E-state index < -0.39 is 0 Å². The van der Waals surface area contributed by atoms with E-state index >= 15 is 0 Å². The summed E-state index contributed by atoms with van der Waals surface area (Å²) < 4.78 is 2.40. The highest BCUT2D eigenvalue weighted by molar-refractivity contribution is 6.12. The Hall–Kier alpha value is -10.8. The summed E-state index contributed by atoms with van der Waals surface area (Å²) >= 11 is 0. The standard InChI is InChI=1S/C76H55N7/c1-48-42-62(43-49(2)69(48)52-30-34-58(35-31-52)75-79-71(54-20-10-5-11-21-54)77-72(80-75)55-22-12-6-13-23-55)60-38-40-67-65(46-60)66-47-61(39-41-68(66)83(67)64-28-18-9-19-29-64)63-44-50(3)70(51(4)45-63)53-32-36-59(37-33-53)76-81-73(56-24-14-7-15-25-56)78-74(82-76)57-26-16-8-17-27-57/h5-47H,1-4H3. The number of hydrogen-bond donors (Lipinski definition) is 0. The van der Waals surface area contributed by atoms with Gasteiger partial charge in [-0.25, -0.2) is 29.9 Å². The highest BCUT2D eigenvalue weighted by Crippen LogP contribution is 2.41. The smallest absolute Gasteiger partial charge is 0.164 e. The zero-order valence-electron chi connectivity index (χ0n) is 46.5. The molecule has 0 bridgehead atoms. The van der Waals surface area contributed by atoms with E-state index in [-0.39, 0.29) is 0 Å². The van der Waals surface area contributed by atoms with Crippen molar-refractivity contribution in [3.63, 3.8) is 0 Å². The predicted molar refractivity (Wildman–Crippen MR) is 341 cm³/mol. The molecule has 0 saturated heterocycles. The maximum Gasteiger partial charge on any atom is 0.164 e. The molecule has 0 atom stereocenters. The van der Waals surface area contributed by atoms with Gasteiger partial charge in [0.2, 0.25) is 0 Å². The summed E-state index contributed by atoms with van der Waals surface area (Å²) in [6.07, 6.45) is 0. The fourth-order valence-electron chi connectivity index (χ4n) is 11.9. The van der Waals surface area contributed by atoms with Crippen LogP contribution < -0.4 is 0 Å². The SMILES string of the molecule is Cc1cc(-c2ccc3c(c2)c2cc(-c4cc(C)c(-c5ccc(-c6nc(-c7ccccc7)nc(-c7ccccc7)n6)cc5)c(C)c4)ccc2n3-c2ccccc2)cc(C)c1-c1ccc(-c2nc(-c3ccccc3)nc(-c3ccccc3)n2)cc1. The number of aromatic nitrogens is 7. The van der Waals surface area contributed by atoms with Crippen LogP contribution in [0.1, 0.15) is 22.3 Å². The molecule has 0 amide bonds. The summed E-state index contributed by atoms with van der Waals surface area (Å²) in [6.45, 7) is 8.89. The number of benzene rings is 11. The zero-order valence-corrected chi connectivity index (χ0v) is 46.5. The number of fused-ring (bicyclic) bond motifs is 3. The van der Waals surface area contributed by atoms with E-state index in [9.17, 15) is 0 Å². The number of aryl methyl sites for hydroxylation is 4. The van der Waals surface area contributed by atoms with E-state index in [1.807, 2.05) is 121 Å². The maximum absolute atomic E-state index is 4.98. The fraction of sp³-hybridized carbons (Fsp3) is 0.0526. The molecule has 0 unspecified atom stereocenters. The van der Waals surface area contributed by atoms with Gasteiger partial charge in [0.25, 0.3) is 0 Å². The van der Waals surface area contributed by atoms with Crippen LogP contribution in [0.3, 0.4) is 0 Å². The van der Waals surface area contributed by atoms with E-state index in [1.54, 1.807) is 0 Å². The van der Waals surface area contributed by atoms with Crippen LogP contribution in [0.25, 0.3) is 140 Å². The molecular weight excluding hydrogens is 1010 g/mol. The first-order valence-electron chi connectivity index (χ1n) is 28.1. The molecule has 0 aliphatic heterocycles. The molecule has 3 aromatic heterocycles. The first-order chi connectivity index (χ1) is 40.8. The second-order valence-corrected chi connectivity index (χ2v) is 21.3. The molecule has 14 aromatic rings. The van der Waals surface area contributed by atoms with E-state index in [0.717, 1.165) is 61.2 Å². The lowest BCUT2D eigenvalue weighted by Crippen LogP contribution is -2.00. The lowest BCUT2D eigenvalue weighted by atomic mass is 9.90. The third kappa shape index (κ3) is 9.74. The molecule has 11 aromatic carbocycles. The van der Waals surface area contributed by atoms with Gasteiger partial charge in [-0.2, -0.15) is 0 Å².